The number of rotatable bonds is 6. The third kappa shape index (κ3) is 6.47. The largest absolute Gasteiger partial charge is 0.320 e. The van der Waals surface area contributed by atoms with E-state index in [1.165, 1.54) is 0 Å². The summed E-state index contributed by atoms with van der Waals surface area (Å²) in [5.41, 5.74) is 7.35. The van der Waals surface area contributed by atoms with Gasteiger partial charge in [0.05, 0.1) is 17.2 Å². The lowest BCUT2D eigenvalue weighted by Gasteiger charge is -2.04. The maximum absolute atomic E-state index is 12.5. The average Bonchev–Trinajstić information content (AvgIpc) is 3.90. The first kappa shape index (κ1) is 30.0. The van der Waals surface area contributed by atoms with Gasteiger partial charge in [-0.15, -0.1) is 0 Å². The quantitative estimate of drug-likeness (QED) is 0.126. The zero-order valence-electron chi connectivity index (χ0n) is 24.8. The van der Waals surface area contributed by atoms with E-state index in [1.807, 2.05) is 42.5 Å². The minimum absolute atomic E-state index is 0.271. The van der Waals surface area contributed by atoms with Crippen LogP contribution in [0.15, 0.2) is 116 Å². The number of hydrogen-bond donors (Lipinski definition) is 5. The number of aromatic amines is 3. The molecule has 8 aromatic rings. The number of hydrogen-bond acceptors (Lipinski definition) is 8. The molecule has 234 valence electrons. The smallest absolute Gasteiger partial charge is 0.276 e. The van der Waals surface area contributed by atoms with Crippen molar-refractivity contribution in [2.24, 2.45) is 0 Å². The van der Waals surface area contributed by atoms with Crippen molar-refractivity contribution in [1.29, 1.82) is 0 Å². The van der Waals surface area contributed by atoms with Crippen molar-refractivity contribution < 1.29 is 9.59 Å². The third-order valence-electron chi connectivity index (χ3n) is 7.32. The molecule has 0 radical (unpaired) electrons. The molecule has 13 nitrogen and oxygen atoms in total. The van der Waals surface area contributed by atoms with Gasteiger partial charge in [0.1, 0.15) is 5.15 Å². The number of halogens is 1. The number of aromatic nitrogens is 9. The molecule has 6 heterocycles. The van der Waals surface area contributed by atoms with Gasteiger partial charge in [-0.1, -0.05) is 23.7 Å². The monoisotopic (exact) mass is 653 g/mol. The summed E-state index contributed by atoms with van der Waals surface area (Å²) in [4.78, 5) is 36.9. The fourth-order valence-electron chi connectivity index (χ4n) is 4.94. The van der Waals surface area contributed by atoms with Gasteiger partial charge in [0.15, 0.2) is 11.4 Å². The number of fused-ring (bicyclic) bond motifs is 2. The molecule has 0 spiro atoms. The Morgan fingerprint density at radius 2 is 1.12 bits per heavy atom. The van der Waals surface area contributed by atoms with Crippen LogP contribution in [0.25, 0.3) is 44.1 Å². The van der Waals surface area contributed by atoms with Gasteiger partial charge in [-0.3, -0.25) is 34.9 Å². The maximum atomic E-state index is 12.5. The fourth-order valence-corrected chi connectivity index (χ4v) is 5.05. The molecule has 2 amide bonds. The van der Waals surface area contributed by atoms with Gasteiger partial charge in [-0.25, -0.2) is 4.98 Å². The van der Waals surface area contributed by atoms with E-state index in [0.717, 1.165) is 44.1 Å². The molecule has 6 aromatic heterocycles. The molecule has 2 aromatic carbocycles. The number of pyridine rings is 3. The SMILES string of the molecule is O=C(Nc1ccncc1)c1n[nH]c2ccc(-c3ccc(Cl)nc3)cc12.O=C(Nc1ccncc1)c1n[nH]c2ccc(-c3cn[nH]c3)cc12. The Hall–Kier alpha value is -6.73. The molecule has 0 aliphatic rings. The molecule has 8 rings (SSSR count). The molecule has 0 unspecified atom stereocenters. The summed E-state index contributed by atoms with van der Waals surface area (Å²) in [7, 11) is 0. The first-order chi connectivity index (χ1) is 23.5. The van der Waals surface area contributed by atoms with Crippen LogP contribution in [0.1, 0.15) is 21.0 Å². The average molecular weight is 654 g/mol. The molecule has 0 aliphatic heterocycles. The van der Waals surface area contributed by atoms with E-state index in [2.05, 4.69) is 56.2 Å². The van der Waals surface area contributed by atoms with Crippen LogP contribution in [0, 0.1) is 0 Å². The number of carbonyl (C=O) groups excluding carboxylic acids is 2. The fraction of sp³-hybridized carbons (Fsp3) is 0. The summed E-state index contributed by atoms with van der Waals surface area (Å²) >= 11 is 5.84. The molecule has 0 aliphatic carbocycles. The number of nitrogens with one attached hydrogen (secondary N) is 5. The number of anilines is 2. The van der Waals surface area contributed by atoms with Crippen LogP contribution >= 0.6 is 11.6 Å². The minimum Gasteiger partial charge on any atom is -0.320 e. The second-order valence-electron chi connectivity index (χ2n) is 10.4. The van der Waals surface area contributed by atoms with Gasteiger partial charge >= 0.3 is 0 Å². The van der Waals surface area contributed by atoms with E-state index in [1.54, 1.807) is 73.7 Å². The van der Waals surface area contributed by atoms with Crippen LogP contribution in [0.2, 0.25) is 5.15 Å². The molecule has 5 N–H and O–H groups in total. The van der Waals surface area contributed by atoms with Crippen molar-refractivity contribution in [3.8, 4) is 22.3 Å². The summed E-state index contributed by atoms with van der Waals surface area (Å²) in [5.74, 6) is -0.560. The van der Waals surface area contributed by atoms with E-state index in [-0.39, 0.29) is 11.8 Å². The minimum atomic E-state index is -0.288. The van der Waals surface area contributed by atoms with Crippen LogP contribution in [-0.4, -0.2) is 57.4 Å². The topological polar surface area (TPSA) is 183 Å². The van der Waals surface area contributed by atoms with Gasteiger partial charge in [0, 0.05) is 70.5 Å². The van der Waals surface area contributed by atoms with E-state index >= 15 is 0 Å². The van der Waals surface area contributed by atoms with E-state index < -0.39 is 0 Å². The summed E-state index contributed by atoms with van der Waals surface area (Å²) in [6.45, 7) is 0. The second-order valence-corrected chi connectivity index (χ2v) is 10.8. The molecule has 0 saturated heterocycles. The number of nitrogens with zero attached hydrogens (tertiary/aromatic N) is 6. The van der Waals surface area contributed by atoms with Crippen molar-refractivity contribution in [1.82, 2.24) is 45.5 Å². The number of benzene rings is 2. The van der Waals surface area contributed by atoms with Gasteiger partial charge in [-0.05, 0) is 71.8 Å². The lowest BCUT2D eigenvalue weighted by molar-refractivity contribution is 0.101. The number of amides is 2. The van der Waals surface area contributed by atoms with E-state index in [9.17, 15) is 9.59 Å². The Balaban J connectivity index is 0.000000152. The van der Waals surface area contributed by atoms with Crippen LogP contribution < -0.4 is 10.6 Å². The molecule has 0 bridgehead atoms. The molecule has 0 fully saturated rings. The maximum Gasteiger partial charge on any atom is 0.276 e. The van der Waals surface area contributed by atoms with Gasteiger partial charge in [0.2, 0.25) is 0 Å². The molecule has 48 heavy (non-hydrogen) atoms. The zero-order chi connectivity index (χ0) is 32.9. The highest BCUT2D eigenvalue weighted by molar-refractivity contribution is 6.29. The highest BCUT2D eigenvalue weighted by Crippen LogP contribution is 2.27. The lowest BCUT2D eigenvalue weighted by atomic mass is 10.0. The highest BCUT2D eigenvalue weighted by Gasteiger charge is 2.17. The first-order valence-corrected chi connectivity index (χ1v) is 14.9. The van der Waals surface area contributed by atoms with Crippen molar-refractivity contribution in [2.75, 3.05) is 10.6 Å². The predicted octanol–water partition coefficient (Wildman–Crippen LogP) is 6.53. The summed E-state index contributed by atoms with van der Waals surface area (Å²) in [6.07, 6.45) is 11.7. The Morgan fingerprint density at radius 3 is 1.60 bits per heavy atom. The molecule has 14 heteroatoms. The zero-order valence-corrected chi connectivity index (χ0v) is 25.6. The lowest BCUT2D eigenvalue weighted by Crippen LogP contribution is -2.12. The van der Waals surface area contributed by atoms with Gasteiger partial charge in [0.25, 0.3) is 11.8 Å². The Morgan fingerprint density at radius 1 is 0.604 bits per heavy atom. The second kappa shape index (κ2) is 13.3. The Bertz CT molecular complexity index is 2340. The standard InChI is InChI=1S/C18H12ClN5O.C16H12N6O/c19-16-4-2-12(10-21-16)11-1-3-15-14(9-11)17(24-23-15)18(25)22-13-5-7-20-8-6-13;23-16(20-12-3-5-17-6-4-12)15-13-7-10(11-8-18-19-9-11)1-2-14(13)21-22-15/h1-10H,(H,23,24)(H,20,22,25);1-9H,(H,18,19)(H,21,22)(H,17,20,23). The summed E-state index contributed by atoms with van der Waals surface area (Å²) in [6, 6.07) is 22.0. The van der Waals surface area contributed by atoms with Crippen LogP contribution in [0.5, 0.6) is 0 Å². The van der Waals surface area contributed by atoms with E-state index in [0.29, 0.717) is 27.9 Å². The van der Waals surface area contributed by atoms with Crippen molar-refractivity contribution >= 4 is 56.6 Å². The first-order valence-electron chi connectivity index (χ1n) is 14.5. The van der Waals surface area contributed by atoms with Crippen molar-refractivity contribution in [3.63, 3.8) is 0 Å². The van der Waals surface area contributed by atoms with Crippen LogP contribution in [0.3, 0.4) is 0 Å². The predicted molar refractivity (Wildman–Crippen MR) is 182 cm³/mol. The molecule has 0 atom stereocenters. The summed E-state index contributed by atoms with van der Waals surface area (Å²) in [5, 5.41) is 28.3. The van der Waals surface area contributed by atoms with E-state index in [4.69, 9.17) is 11.6 Å². The van der Waals surface area contributed by atoms with Crippen LogP contribution in [-0.2, 0) is 0 Å². The highest BCUT2D eigenvalue weighted by atomic mass is 35.5. The van der Waals surface area contributed by atoms with Crippen molar-refractivity contribution in [3.05, 3.63) is 133 Å². The molecular weight excluding hydrogens is 630 g/mol. The Labute approximate surface area is 276 Å². The molecular formula is C34H24ClN11O2. The van der Waals surface area contributed by atoms with Gasteiger partial charge < -0.3 is 10.6 Å². The van der Waals surface area contributed by atoms with Crippen molar-refractivity contribution in [2.45, 2.75) is 0 Å². The molecule has 0 saturated carbocycles. The van der Waals surface area contributed by atoms with Gasteiger partial charge in [-0.2, -0.15) is 15.3 Å². The normalized spacial score (nSPS) is 10.8. The summed E-state index contributed by atoms with van der Waals surface area (Å²) < 4.78 is 0. The van der Waals surface area contributed by atoms with Crippen LogP contribution in [0.4, 0.5) is 11.4 Å². The third-order valence-corrected chi connectivity index (χ3v) is 7.55. The number of carbonyl (C=O) groups is 2. The Kier molecular flexibility index (Phi) is 8.31. The number of H-pyrrole nitrogens is 3.